The Bertz CT molecular complexity index is 1040. The smallest absolute Gasteiger partial charge is 0.422 e. The van der Waals surface area contributed by atoms with E-state index in [2.05, 4.69) is 19.9 Å². The van der Waals surface area contributed by atoms with Gasteiger partial charge in [0, 0.05) is 30.3 Å². The van der Waals surface area contributed by atoms with Gasteiger partial charge in [-0.05, 0) is 0 Å². The number of benzene rings is 1. The lowest BCUT2D eigenvalue weighted by Gasteiger charge is -2.13. The van der Waals surface area contributed by atoms with Gasteiger partial charge in [0.15, 0.2) is 18.1 Å². The molecule has 0 saturated heterocycles. The van der Waals surface area contributed by atoms with E-state index in [0.29, 0.717) is 0 Å². The van der Waals surface area contributed by atoms with Crippen LogP contribution in [0.4, 0.5) is 13.2 Å². The van der Waals surface area contributed by atoms with Crippen LogP contribution in [0.3, 0.4) is 0 Å². The zero-order chi connectivity index (χ0) is 23.7. The standard InChI is InChI=1S/C20H18F3N3O6/c1-12(27)32-26-17(18-24-9-8-16(25-18)31-11-20(21,22)23)14-7-5-4-6-13(14)15(10-29-2)19(28)30-3/h4-10H,11H2,1-3H3/b15-10+,26-17?. The van der Waals surface area contributed by atoms with Crippen LogP contribution in [0.2, 0.25) is 0 Å². The minimum absolute atomic E-state index is 0.00870. The minimum Gasteiger partial charge on any atom is -0.503 e. The van der Waals surface area contributed by atoms with Crippen molar-refractivity contribution in [3.05, 3.63) is 59.7 Å². The van der Waals surface area contributed by atoms with Gasteiger partial charge in [-0.15, -0.1) is 0 Å². The van der Waals surface area contributed by atoms with Gasteiger partial charge in [0.25, 0.3) is 0 Å². The van der Waals surface area contributed by atoms with Gasteiger partial charge in [-0.2, -0.15) is 18.2 Å². The number of carbonyl (C=O) groups is 2. The number of alkyl halides is 3. The van der Waals surface area contributed by atoms with Crippen molar-refractivity contribution in [3.8, 4) is 5.88 Å². The van der Waals surface area contributed by atoms with E-state index in [9.17, 15) is 22.8 Å². The van der Waals surface area contributed by atoms with Crippen LogP contribution in [0, 0.1) is 0 Å². The molecule has 0 aliphatic carbocycles. The molecule has 1 heterocycles. The van der Waals surface area contributed by atoms with Crippen molar-refractivity contribution in [2.45, 2.75) is 13.1 Å². The molecule has 12 heteroatoms. The number of oxime groups is 1. The topological polar surface area (TPSA) is 109 Å². The maximum Gasteiger partial charge on any atom is 0.422 e. The third-order valence-corrected chi connectivity index (χ3v) is 3.60. The average Bonchev–Trinajstić information content (AvgIpc) is 2.76. The molecule has 0 atom stereocenters. The van der Waals surface area contributed by atoms with Crippen LogP contribution < -0.4 is 4.74 Å². The summed E-state index contributed by atoms with van der Waals surface area (Å²) in [4.78, 5) is 36.2. The van der Waals surface area contributed by atoms with Crippen molar-refractivity contribution in [3.63, 3.8) is 0 Å². The maximum absolute atomic E-state index is 12.5. The molecule has 32 heavy (non-hydrogen) atoms. The molecule has 1 aromatic heterocycles. The predicted octanol–water partition coefficient (Wildman–Crippen LogP) is 2.89. The number of rotatable bonds is 8. The number of hydrogen-bond acceptors (Lipinski definition) is 9. The zero-order valence-corrected chi connectivity index (χ0v) is 17.2. The number of ether oxygens (including phenoxy) is 3. The molecule has 0 N–H and O–H groups in total. The first-order chi connectivity index (χ1) is 15.2. The molecule has 0 radical (unpaired) electrons. The molecule has 0 fully saturated rings. The Morgan fingerprint density at radius 2 is 1.81 bits per heavy atom. The fourth-order valence-electron chi connectivity index (χ4n) is 2.39. The molecule has 1 aromatic carbocycles. The van der Waals surface area contributed by atoms with E-state index in [4.69, 9.17) is 14.3 Å². The van der Waals surface area contributed by atoms with E-state index in [-0.39, 0.29) is 34.1 Å². The summed E-state index contributed by atoms with van der Waals surface area (Å²) in [5, 5.41) is 3.75. The number of halogens is 3. The highest BCUT2D eigenvalue weighted by atomic mass is 19.4. The highest BCUT2D eigenvalue weighted by molar-refractivity contribution is 6.21. The summed E-state index contributed by atoms with van der Waals surface area (Å²) in [7, 11) is 2.50. The van der Waals surface area contributed by atoms with Crippen LogP contribution in [0.5, 0.6) is 5.88 Å². The van der Waals surface area contributed by atoms with Crippen LogP contribution in [0.15, 0.2) is 47.9 Å². The molecule has 0 saturated carbocycles. The van der Waals surface area contributed by atoms with Gasteiger partial charge in [0.1, 0.15) is 5.57 Å². The summed E-state index contributed by atoms with van der Waals surface area (Å²) >= 11 is 0. The second-order valence-electron chi connectivity index (χ2n) is 5.95. The molecule has 0 bridgehead atoms. The van der Waals surface area contributed by atoms with Crippen LogP contribution in [-0.4, -0.2) is 54.6 Å². The number of methoxy groups -OCH3 is 2. The number of esters is 1. The van der Waals surface area contributed by atoms with E-state index < -0.39 is 24.7 Å². The zero-order valence-electron chi connectivity index (χ0n) is 17.2. The quantitative estimate of drug-likeness (QED) is 0.150. The van der Waals surface area contributed by atoms with Crippen LogP contribution in [-0.2, 0) is 23.9 Å². The molecule has 2 rings (SSSR count). The molecule has 0 amide bonds. The minimum atomic E-state index is -4.58. The van der Waals surface area contributed by atoms with Crippen molar-refractivity contribution in [2.24, 2.45) is 5.16 Å². The van der Waals surface area contributed by atoms with Crippen molar-refractivity contribution in [1.29, 1.82) is 0 Å². The Hall–Kier alpha value is -3.96. The van der Waals surface area contributed by atoms with Gasteiger partial charge in [-0.1, -0.05) is 29.4 Å². The molecule has 2 aromatic rings. The molecule has 0 unspecified atom stereocenters. The van der Waals surface area contributed by atoms with E-state index >= 15 is 0 Å². The summed E-state index contributed by atoms with van der Waals surface area (Å²) in [6, 6.07) is 7.36. The molecular formula is C20H18F3N3O6. The second kappa shape index (κ2) is 10.9. The number of carbonyl (C=O) groups excluding carboxylic acids is 2. The average molecular weight is 453 g/mol. The molecular weight excluding hydrogens is 435 g/mol. The first kappa shape index (κ1) is 24.3. The Labute approximate surface area is 180 Å². The van der Waals surface area contributed by atoms with Crippen LogP contribution in [0.25, 0.3) is 5.57 Å². The second-order valence-corrected chi connectivity index (χ2v) is 5.95. The van der Waals surface area contributed by atoms with Gasteiger partial charge < -0.3 is 19.0 Å². The van der Waals surface area contributed by atoms with Gasteiger partial charge in [0.2, 0.25) is 5.88 Å². The van der Waals surface area contributed by atoms with Crippen LogP contribution >= 0.6 is 0 Å². The van der Waals surface area contributed by atoms with E-state index in [1.165, 1.54) is 26.4 Å². The fraction of sp³-hybridized carbons (Fsp3) is 0.250. The molecule has 9 nitrogen and oxygen atoms in total. The molecule has 170 valence electrons. The lowest BCUT2D eigenvalue weighted by molar-refractivity contribution is -0.154. The molecule has 0 aliphatic heterocycles. The number of aromatic nitrogens is 2. The van der Waals surface area contributed by atoms with Crippen molar-refractivity contribution in [1.82, 2.24) is 9.97 Å². The van der Waals surface area contributed by atoms with Gasteiger partial charge in [0.05, 0.1) is 20.5 Å². The molecule has 0 aliphatic rings. The normalized spacial score (nSPS) is 12.2. The summed E-state index contributed by atoms with van der Waals surface area (Å²) in [6.45, 7) is -0.471. The van der Waals surface area contributed by atoms with E-state index in [1.54, 1.807) is 12.1 Å². The largest absolute Gasteiger partial charge is 0.503 e. The highest BCUT2D eigenvalue weighted by Gasteiger charge is 2.29. The third-order valence-electron chi connectivity index (χ3n) is 3.60. The Morgan fingerprint density at radius 3 is 2.41 bits per heavy atom. The van der Waals surface area contributed by atoms with Gasteiger partial charge in [-0.25, -0.2) is 14.6 Å². The summed E-state index contributed by atoms with van der Waals surface area (Å²) in [6.07, 6.45) is -2.29. The molecule has 0 spiro atoms. The fourth-order valence-corrected chi connectivity index (χ4v) is 2.39. The summed E-state index contributed by atoms with van der Waals surface area (Å²) < 4.78 is 51.8. The van der Waals surface area contributed by atoms with Crippen LogP contribution in [0.1, 0.15) is 23.9 Å². The summed E-state index contributed by atoms with van der Waals surface area (Å²) in [5.74, 6) is -2.12. The van der Waals surface area contributed by atoms with Gasteiger partial charge >= 0.3 is 18.1 Å². The van der Waals surface area contributed by atoms with Gasteiger partial charge in [-0.3, -0.25) is 0 Å². The summed E-state index contributed by atoms with van der Waals surface area (Å²) in [5.41, 5.74) is 0.289. The highest BCUT2D eigenvalue weighted by Crippen LogP contribution is 2.24. The Morgan fingerprint density at radius 1 is 1.12 bits per heavy atom. The van der Waals surface area contributed by atoms with E-state index in [0.717, 1.165) is 25.4 Å². The first-order valence-corrected chi connectivity index (χ1v) is 8.86. The van der Waals surface area contributed by atoms with Crippen molar-refractivity contribution >= 4 is 23.2 Å². The monoisotopic (exact) mass is 453 g/mol. The number of hydrogen-bond donors (Lipinski definition) is 0. The maximum atomic E-state index is 12.5. The lowest BCUT2D eigenvalue weighted by Crippen LogP contribution is -2.20. The predicted molar refractivity (Wildman–Crippen MR) is 104 cm³/mol. The Kier molecular flexibility index (Phi) is 8.27. The first-order valence-electron chi connectivity index (χ1n) is 8.86. The SMILES string of the molecule is CO/C=C(/C(=O)OC)c1ccccc1C(=NOC(C)=O)c1nccc(OCC(F)(F)F)n1. The van der Waals surface area contributed by atoms with E-state index in [1.807, 2.05) is 0 Å². The third kappa shape index (κ3) is 6.79. The number of nitrogens with zero attached hydrogens (tertiary/aromatic N) is 3. The van der Waals surface area contributed by atoms with Crippen molar-refractivity contribution in [2.75, 3.05) is 20.8 Å². The Balaban J connectivity index is 2.62. The lowest BCUT2D eigenvalue weighted by atomic mass is 9.96. The van der Waals surface area contributed by atoms with Crippen molar-refractivity contribution < 1.29 is 41.8 Å².